The Kier molecular flexibility index (Phi) is 4.06. The fraction of sp³-hybridized carbons (Fsp3) is 0.333. The molecule has 0 aliphatic carbocycles. The van der Waals surface area contributed by atoms with Crippen LogP contribution in [0.3, 0.4) is 0 Å². The Labute approximate surface area is 111 Å². The van der Waals surface area contributed by atoms with Gasteiger partial charge in [-0.25, -0.2) is 8.78 Å². The molecule has 0 N–H and O–H groups in total. The summed E-state index contributed by atoms with van der Waals surface area (Å²) in [4.78, 5) is 4.17. The lowest BCUT2D eigenvalue weighted by Gasteiger charge is -1.98. The van der Waals surface area contributed by atoms with E-state index in [0.29, 0.717) is 17.3 Å². The maximum atomic E-state index is 13.0. The summed E-state index contributed by atoms with van der Waals surface area (Å²) >= 11 is 3.39. The first-order valence-corrected chi connectivity index (χ1v) is 6.41. The molecule has 3 nitrogen and oxygen atoms in total. The van der Waals surface area contributed by atoms with Crippen molar-refractivity contribution in [1.29, 1.82) is 0 Å². The molecule has 0 aliphatic heterocycles. The van der Waals surface area contributed by atoms with Gasteiger partial charge >= 0.3 is 0 Å². The zero-order valence-corrected chi connectivity index (χ0v) is 11.2. The molecule has 6 heteroatoms. The van der Waals surface area contributed by atoms with E-state index in [2.05, 4.69) is 26.1 Å². The summed E-state index contributed by atoms with van der Waals surface area (Å²) in [7, 11) is 0. The fourth-order valence-electron chi connectivity index (χ4n) is 1.54. The monoisotopic (exact) mass is 316 g/mol. The zero-order chi connectivity index (χ0) is 13.1. The van der Waals surface area contributed by atoms with Crippen molar-refractivity contribution in [3.05, 3.63) is 47.1 Å². The summed E-state index contributed by atoms with van der Waals surface area (Å²) in [6.45, 7) is 1.98. The van der Waals surface area contributed by atoms with E-state index in [1.54, 1.807) is 0 Å². The minimum atomic E-state index is -0.611. The van der Waals surface area contributed by atoms with Gasteiger partial charge in [-0.15, -0.1) is 0 Å². The third-order valence-corrected chi connectivity index (χ3v) is 3.43. The predicted molar refractivity (Wildman–Crippen MR) is 65.4 cm³/mol. The van der Waals surface area contributed by atoms with Gasteiger partial charge in [0.25, 0.3) is 0 Å². The highest BCUT2D eigenvalue weighted by molar-refractivity contribution is 9.09. The van der Waals surface area contributed by atoms with Gasteiger partial charge in [-0.3, -0.25) is 0 Å². The third-order valence-electron chi connectivity index (χ3n) is 2.39. The number of nitrogens with zero attached hydrogens (tertiary/aromatic N) is 2. The lowest BCUT2D eigenvalue weighted by Crippen LogP contribution is -1.94. The second kappa shape index (κ2) is 5.56. The molecule has 0 fully saturated rings. The number of rotatable bonds is 4. The van der Waals surface area contributed by atoms with E-state index in [9.17, 15) is 8.78 Å². The number of benzene rings is 1. The molecule has 96 valence electrons. The maximum Gasteiger partial charge on any atom is 0.240 e. The average Bonchev–Trinajstić information content (AvgIpc) is 2.75. The van der Waals surface area contributed by atoms with Crippen LogP contribution in [0.4, 0.5) is 8.78 Å². The Bertz CT molecular complexity index is 524. The molecular formula is C12H11BrF2N2O. The predicted octanol–water partition coefficient (Wildman–Crippen LogP) is 3.78. The number of hydrogen-bond donors (Lipinski definition) is 0. The van der Waals surface area contributed by atoms with E-state index in [4.69, 9.17) is 4.52 Å². The Balaban J connectivity index is 2.16. The van der Waals surface area contributed by atoms with Crippen molar-refractivity contribution < 1.29 is 13.3 Å². The lowest BCUT2D eigenvalue weighted by molar-refractivity contribution is 0.372. The van der Waals surface area contributed by atoms with E-state index >= 15 is 0 Å². The van der Waals surface area contributed by atoms with Gasteiger partial charge < -0.3 is 4.52 Å². The normalized spacial score (nSPS) is 12.7. The first-order chi connectivity index (χ1) is 8.58. The molecule has 0 saturated heterocycles. The maximum absolute atomic E-state index is 13.0. The minimum absolute atomic E-state index is 0.00277. The van der Waals surface area contributed by atoms with Gasteiger partial charge in [-0.05, 0) is 24.1 Å². The van der Waals surface area contributed by atoms with Crippen molar-refractivity contribution in [2.75, 3.05) is 0 Å². The van der Waals surface area contributed by atoms with Crippen LogP contribution in [0.1, 0.15) is 35.5 Å². The van der Waals surface area contributed by atoms with Gasteiger partial charge in [0.05, 0.1) is 4.83 Å². The van der Waals surface area contributed by atoms with E-state index in [1.807, 2.05) is 6.92 Å². The standard InChI is InChI=1S/C12H11BrF2N2O/c1-2-10(13)12-16-11(17-18-12)5-7-3-8(14)6-9(15)4-7/h3-4,6,10H,2,5H2,1H3. The quantitative estimate of drug-likeness (QED) is 0.806. The summed E-state index contributed by atoms with van der Waals surface area (Å²) in [6, 6.07) is 3.34. The highest BCUT2D eigenvalue weighted by atomic mass is 79.9. The van der Waals surface area contributed by atoms with Crippen LogP contribution in [-0.4, -0.2) is 10.1 Å². The Morgan fingerprint density at radius 2 is 1.94 bits per heavy atom. The summed E-state index contributed by atoms with van der Waals surface area (Å²) in [5, 5.41) is 3.78. The van der Waals surface area contributed by atoms with Crippen molar-refractivity contribution in [3.8, 4) is 0 Å². The molecule has 0 radical (unpaired) electrons. The first-order valence-electron chi connectivity index (χ1n) is 5.50. The molecule has 1 atom stereocenters. The summed E-state index contributed by atoms with van der Waals surface area (Å²) < 4.78 is 31.1. The highest BCUT2D eigenvalue weighted by Gasteiger charge is 2.14. The number of aromatic nitrogens is 2. The van der Waals surface area contributed by atoms with Crippen molar-refractivity contribution in [2.45, 2.75) is 24.6 Å². The smallest absolute Gasteiger partial charge is 0.240 e. The molecule has 1 aromatic carbocycles. The van der Waals surface area contributed by atoms with E-state index in [1.165, 1.54) is 12.1 Å². The molecule has 0 aliphatic rings. The summed E-state index contributed by atoms with van der Waals surface area (Å²) in [5.41, 5.74) is 0.475. The Morgan fingerprint density at radius 3 is 2.56 bits per heavy atom. The van der Waals surface area contributed by atoms with Crippen LogP contribution in [0.25, 0.3) is 0 Å². The molecule has 2 rings (SSSR count). The molecule has 18 heavy (non-hydrogen) atoms. The van der Waals surface area contributed by atoms with Gasteiger partial charge in [-0.1, -0.05) is 28.0 Å². The van der Waals surface area contributed by atoms with Gasteiger partial charge in [0, 0.05) is 12.5 Å². The molecule has 1 unspecified atom stereocenters. The van der Waals surface area contributed by atoms with Crippen LogP contribution >= 0.6 is 15.9 Å². The van der Waals surface area contributed by atoms with Crippen LogP contribution in [-0.2, 0) is 6.42 Å². The van der Waals surface area contributed by atoms with Crippen molar-refractivity contribution in [2.24, 2.45) is 0 Å². The largest absolute Gasteiger partial charge is 0.338 e. The molecule has 0 saturated carbocycles. The SMILES string of the molecule is CCC(Br)c1nc(Cc2cc(F)cc(F)c2)no1. The minimum Gasteiger partial charge on any atom is -0.338 e. The van der Waals surface area contributed by atoms with Crippen LogP contribution < -0.4 is 0 Å². The van der Waals surface area contributed by atoms with Crippen LogP contribution in [0.15, 0.2) is 22.7 Å². The Morgan fingerprint density at radius 1 is 1.28 bits per heavy atom. The van der Waals surface area contributed by atoms with Crippen molar-refractivity contribution in [1.82, 2.24) is 10.1 Å². The fourth-order valence-corrected chi connectivity index (χ4v) is 1.72. The van der Waals surface area contributed by atoms with Crippen LogP contribution in [0.5, 0.6) is 0 Å². The molecule has 0 spiro atoms. The van der Waals surface area contributed by atoms with Gasteiger partial charge in [-0.2, -0.15) is 4.98 Å². The van der Waals surface area contributed by atoms with Gasteiger partial charge in [0.2, 0.25) is 5.89 Å². The zero-order valence-electron chi connectivity index (χ0n) is 9.66. The summed E-state index contributed by atoms with van der Waals surface area (Å²) in [6.07, 6.45) is 1.05. The second-order valence-corrected chi connectivity index (χ2v) is 4.98. The first kappa shape index (κ1) is 13.1. The van der Waals surface area contributed by atoms with Crippen LogP contribution in [0.2, 0.25) is 0 Å². The van der Waals surface area contributed by atoms with Crippen LogP contribution in [0, 0.1) is 11.6 Å². The molecule has 1 aromatic heterocycles. The number of hydrogen-bond acceptors (Lipinski definition) is 3. The lowest BCUT2D eigenvalue weighted by atomic mass is 10.1. The topological polar surface area (TPSA) is 38.9 Å². The molecule has 2 aromatic rings. The number of halogens is 3. The van der Waals surface area contributed by atoms with Gasteiger partial charge in [0.1, 0.15) is 11.6 Å². The molecule has 1 heterocycles. The molecular weight excluding hydrogens is 306 g/mol. The Hall–Kier alpha value is -1.30. The molecule has 0 bridgehead atoms. The summed E-state index contributed by atoms with van der Waals surface area (Å²) in [5.74, 6) is -0.335. The second-order valence-electron chi connectivity index (χ2n) is 3.88. The highest BCUT2D eigenvalue weighted by Crippen LogP contribution is 2.24. The van der Waals surface area contributed by atoms with E-state index in [0.717, 1.165) is 12.5 Å². The average molecular weight is 317 g/mol. The van der Waals surface area contributed by atoms with E-state index < -0.39 is 11.6 Å². The third kappa shape index (κ3) is 3.13. The van der Waals surface area contributed by atoms with Crippen molar-refractivity contribution in [3.63, 3.8) is 0 Å². The molecule has 0 amide bonds. The van der Waals surface area contributed by atoms with Gasteiger partial charge in [0.15, 0.2) is 5.82 Å². The van der Waals surface area contributed by atoms with Crippen molar-refractivity contribution >= 4 is 15.9 Å². The van der Waals surface area contributed by atoms with E-state index in [-0.39, 0.29) is 11.2 Å². The number of alkyl halides is 1.